The number of primary amides is 1. The molecule has 2 aromatic rings. The van der Waals surface area contributed by atoms with Crippen LogP contribution in [0.3, 0.4) is 0 Å². The first-order chi connectivity index (χ1) is 9.20. The quantitative estimate of drug-likeness (QED) is 0.831. The molecular formula is C12H13N3OS3. The Hall–Kier alpha value is -1.05. The number of benzene rings is 1. The molecule has 7 heteroatoms. The van der Waals surface area contributed by atoms with Gasteiger partial charge in [0.15, 0.2) is 8.68 Å². The molecule has 0 aliphatic heterocycles. The van der Waals surface area contributed by atoms with E-state index in [1.807, 2.05) is 30.3 Å². The zero-order chi connectivity index (χ0) is 13.7. The minimum absolute atomic E-state index is 0.365. The summed E-state index contributed by atoms with van der Waals surface area (Å²) in [6.45, 7) is 2.06. The molecule has 19 heavy (non-hydrogen) atoms. The fourth-order valence-electron chi connectivity index (χ4n) is 1.45. The van der Waals surface area contributed by atoms with Crippen molar-refractivity contribution in [2.45, 2.75) is 20.9 Å². The van der Waals surface area contributed by atoms with Gasteiger partial charge < -0.3 is 5.73 Å². The lowest BCUT2D eigenvalue weighted by Gasteiger charge is -2.10. The third-order valence-corrected chi connectivity index (χ3v) is 5.53. The second kappa shape index (κ2) is 6.93. The molecule has 1 amide bonds. The summed E-state index contributed by atoms with van der Waals surface area (Å²) in [4.78, 5) is 11.6. The van der Waals surface area contributed by atoms with Crippen molar-refractivity contribution >= 4 is 40.8 Å². The Morgan fingerprint density at radius 1 is 1.32 bits per heavy atom. The maximum Gasteiger partial charge on any atom is 0.235 e. The minimum atomic E-state index is -0.423. The Bertz CT molecular complexity index is 544. The first kappa shape index (κ1) is 14.4. The van der Waals surface area contributed by atoms with Crippen molar-refractivity contribution in [2.75, 3.05) is 5.75 Å². The number of hydrogen-bond acceptors (Lipinski definition) is 6. The Balaban J connectivity index is 2.15. The molecule has 0 saturated carbocycles. The molecule has 0 bridgehead atoms. The smallest absolute Gasteiger partial charge is 0.235 e. The molecule has 0 radical (unpaired) electrons. The normalized spacial score (nSPS) is 12.3. The summed E-state index contributed by atoms with van der Waals surface area (Å²) in [5.41, 5.74) is 6.36. The summed E-state index contributed by atoms with van der Waals surface area (Å²) < 4.78 is 1.69. The number of hydrogen-bond donors (Lipinski definition) is 1. The molecular weight excluding hydrogens is 298 g/mol. The van der Waals surface area contributed by atoms with Crippen LogP contribution in [0.15, 0.2) is 39.0 Å². The van der Waals surface area contributed by atoms with Gasteiger partial charge in [0.05, 0.1) is 0 Å². The summed E-state index contributed by atoms with van der Waals surface area (Å²) in [5.74, 6) is 0.591. The topological polar surface area (TPSA) is 68.9 Å². The van der Waals surface area contributed by atoms with Gasteiger partial charge in [0.1, 0.15) is 5.25 Å². The van der Waals surface area contributed by atoms with Gasteiger partial charge in [0, 0.05) is 0 Å². The summed E-state index contributed by atoms with van der Waals surface area (Å²) in [6, 6.07) is 9.48. The molecule has 0 aliphatic carbocycles. The second-order valence-corrected chi connectivity index (χ2v) is 7.42. The van der Waals surface area contributed by atoms with E-state index >= 15 is 0 Å². The van der Waals surface area contributed by atoms with E-state index in [1.165, 1.54) is 23.1 Å². The van der Waals surface area contributed by atoms with Gasteiger partial charge in [-0.05, 0) is 11.3 Å². The number of nitrogens with zero attached hydrogens (tertiary/aromatic N) is 2. The monoisotopic (exact) mass is 311 g/mol. The highest BCUT2D eigenvalue weighted by Crippen LogP contribution is 2.38. The van der Waals surface area contributed by atoms with Crippen molar-refractivity contribution in [2.24, 2.45) is 5.73 Å². The van der Waals surface area contributed by atoms with E-state index in [-0.39, 0.29) is 5.91 Å². The van der Waals surface area contributed by atoms with Crippen molar-refractivity contribution in [1.82, 2.24) is 10.2 Å². The van der Waals surface area contributed by atoms with E-state index in [1.54, 1.807) is 11.8 Å². The number of nitrogens with two attached hydrogens (primary N) is 1. The van der Waals surface area contributed by atoms with Crippen molar-refractivity contribution in [1.29, 1.82) is 0 Å². The van der Waals surface area contributed by atoms with Crippen molar-refractivity contribution in [3.8, 4) is 0 Å². The molecule has 1 aromatic carbocycles. The average Bonchev–Trinajstić information content (AvgIpc) is 2.85. The van der Waals surface area contributed by atoms with Crippen LogP contribution in [0.1, 0.15) is 17.7 Å². The predicted octanol–water partition coefficient (Wildman–Crippen LogP) is 2.97. The van der Waals surface area contributed by atoms with Crippen molar-refractivity contribution in [3.63, 3.8) is 0 Å². The molecule has 0 aliphatic rings. The largest absolute Gasteiger partial charge is 0.368 e. The minimum Gasteiger partial charge on any atom is -0.368 e. The van der Waals surface area contributed by atoms with Gasteiger partial charge in [0.25, 0.3) is 0 Å². The Kier molecular flexibility index (Phi) is 5.24. The molecule has 100 valence electrons. The van der Waals surface area contributed by atoms with Crippen LogP contribution in [0.25, 0.3) is 0 Å². The zero-order valence-electron chi connectivity index (χ0n) is 10.3. The molecule has 1 atom stereocenters. The first-order valence-electron chi connectivity index (χ1n) is 5.68. The van der Waals surface area contributed by atoms with Crippen LogP contribution in [0.4, 0.5) is 0 Å². The number of thioether (sulfide) groups is 2. The molecule has 1 aromatic heterocycles. The lowest BCUT2D eigenvalue weighted by atomic mass is 10.1. The standard InChI is InChI=1S/C12H13N3OS3/c1-2-17-11-14-15-12(19-11)18-9(10(13)16)8-6-4-3-5-7-8/h3-7,9H,2H2,1H3,(H2,13,16). The fourth-order valence-corrected chi connectivity index (χ4v) is 4.51. The number of amides is 1. The molecule has 2 N–H and O–H groups in total. The molecule has 0 saturated heterocycles. The lowest BCUT2D eigenvalue weighted by Crippen LogP contribution is -2.18. The Morgan fingerprint density at radius 3 is 2.63 bits per heavy atom. The van der Waals surface area contributed by atoms with Crippen molar-refractivity contribution < 1.29 is 4.79 Å². The first-order valence-corrected chi connectivity index (χ1v) is 8.36. The summed E-state index contributed by atoms with van der Waals surface area (Å²) in [7, 11) is 0. The second-order valence-electron chi connectivity index (χ2n) is 3.58. The third kappa shape index (κ3) is 3.95. The maximum absolute atomic E-state index is 11.6. The van der Waals surface area contributed by atoms with Gasteiger partial charge in [-0.2, -0.15) is 0 Å². The van der Waals surface area contributed by atoms with Crippen LogP contribution in [0, 0.1) is 0 Å². The highest BCUT2D eigenvalue weighted by Gasteiger charge is 2.21. The van der Waals surface area contributed by atoms with E-state index < -0.39 is 5.25 Å². The summed E-state index contributed by atoms with van der Waals surface area (Å²) in [5, 5.41) is 7.73. The lowest BCUT2D eigenvalue weighted by molar-refractivity contribution is -0.117. The van der Waals surface area contributed by atoms with Crippen LogP contribution >= 0.6 is 34.9 Å². The van der Waals surface area contributed by atoms with E-state index in [4.69, 9.17) is 5.73 Å². The summed E-state index contributed by atoms with van der Waals surface area (Å²) in [6.07, 6.45) is 0. The van der Waals surface area contributed by atoms with Gasteiger partial charge in [-0.15, -0.1) is 10.2 Å². The van der Waals surface area contributed by atoms with Crippen molar-refractivity contribution in [3.05, 3.63) is 35.9 Å². The van der Waals surface area contributed by atoms with E-state index in [0.717, 1.165) is 20.0 Å². The highest BCUT2D eigenvalue weighted by atomic mass is 32.2. The predicted molar refractivity (Wildman–Crippen MR) is 80.5 cm³/mol. The number of aromatic nitrogens is 2. The average molecular weight is 311 g/mol. The SMILES string of the molecule is CCSc1nnc(SC(C(N)=O)c2ccccc2)s1. The van der Waals surface area contributed by atoms with Gasteiger partial charge in [-0.3, -0.25) is 4.79 Å². The molecule has 1 heterocycles. The molecule has 2 rings (SSSR count). The zero-order valence-corrected chi connectivity index (χ0v) is 12.7. The van der Waals surface area contributed by atoms with Gasteiger partial charge in [-0.25, -0.2) is 0 Å². The van der Waals surface area contributed by atoms with Crippen LogP contribution in [0.5, 0.6) is 0 Å². The van der Waals surface area contributed by atoms with Crippen LogP contribution < -0.4 is 5.73 Å². The highest BCUT2D eigenvalue weighted by molar-refractivity contribution is 8.03. The van der Waals surface area contributed by atoms with Gasteiger partial charge in [-0.1, -0.05) is 72.1 Å². The van der Waals surface area contributed by atoms with E-state index in [2.05, 4.69) is 17.1 Å². The third-order valence-electron chi connectivity index (χ3n) is 2.24. The summed E-state index contributed by atoms with van der Waals surface area (Å²) >= 11 is 4.49. The number of rotatable bonds is 6. The fraction of sp³-hybridized carbons (Fsp3) is 0.250. The Morgan fingerprint density at radius 2 is 2.00 bits per heavy atom. The number of carbonyl (C=O) groups is 1. The van der Waals surface area contributed by atoms with E-state index in [0.29, 0.717) is 0 Å². The van der Waals surface area contributed by atoms with E-state index in [9.17, 15) is 4.79 Å². The van der Waals surface area contributed by atoms with Crippen LogP contribution in [-0.2, 0) is 4.79 Å². The van der Waals surface area contributed by atoms with Gasteiger partial charge in [0.2, 0.25) is 5.91 Å². The molecule has 0 spiro atoms. The molecule has 0 fully saturated rings. The Labute approximate surface area is 124 Å². The molecule has 4 nitrogen and oxygen atoms in total. The molecule has 1 unspecified atom stereocenters. The number of carbonyl (C=O) groups excluding carboxylic acids is 1. The van der Waals surface area contributed by atoms with Gasteiger partial charge >= 0.3 is 0 Å². The van der Waals surface area contributed by atoms with Crippen LogP contribution in [-0.4, -0.2) is 21.9 Å². The van der Waals surface area contributed by atoms with Crippen LogP contribution in [0.2, 0.25) is 0 Å². The maximum atomic E-state index is 11.6.